The normalized spacial score (nSPS) is 11.6. The fourth-order valence-corrected chi connectivity index (χ4v) is 5.32. The van der Waals surface area contributed by atoms with Gasteiger partial charge in [0.1, 0.15) is 4.90 Å². The Labute approximate surface area is 138 Å². The molecule has 0 saturated heterocycles. The lowest BCUT2D eigenvalue weighted by Gasteiger charge is -2.08. The third-order valence-electron chi connectivity index (χ3n) is 2.32. The summed E-state index contributed by atoms with van der Waals surface area (Å²) in [5.41, 5.74) is 0.308. The van der Waals surface area contributed by atoms with Gasteiger partial charge < -0.3 is 5.11 Å². The van der Waals surface area contributed by atoms with Gasteiger partial charge in [-0.05, 0) is 40.2 Å². The van der Waals surface area contributed by atoms with Crippen molar-refractivity contribution in [2.24, 2.45) is 0 Å². The molecule has 0 amide bonds. The number of sulfonamides is 1. The highest BCUT2D eigenvalue weighted by Crippen LogP contribution is 2.33. The molecule has 1 aromatic carbocycles. The summed E-state index contributed by atoms with van der Waals surface area (Å²) in [6.45, 7) is -0.217. The van der Waals surface area contributed by atoms with Gasteiger partial charge in [-0.15, -0.1) is 11.3 Å². The second-order valence-electron chi connectivity index (χ2n) is 3.74. The minimum absolute atomic E-state index is 0.0672. The number of anilines is 1. The maximum absolute atomic E-state index is 12.3. The predicted octanol–water partition coefficient (Wildman–Crippen LogP) is 4.11. The van der Waals surface area contributed by atoms with Crippen molar-refractivity contribution >= 4 is 66.2 Å². The lowest BCUT2D eigenvalue weighted by atomic mass is 10.3. The number of benzene rings is 1. The van der Waals surface area contributed by atoms with E-state index >= 15 is 0 Å². The molecule has 0 aliphatic carbocycles. The van der Waals surface area contributed by atoms with Crippen LogP contribution in [0.3, 0.4) is 0 Å². The summed E-state index contributed by atoms with van der Waals surface area (Å²) in [6.07, 6.45) is 0. The van der Waals surface area contributed by atoms with E-state index in [0.717, 1.165) is 11.3 Å². The Hall–Kier alpha value is -0.310. The quantitative estimate of drug-likeness (QED) is 0.787. The molecule has 0 bridgehead atoms. The molecule has 1 heterocycles. The van der Waals surface area contributed by atoms with E-state index in [9.17, 15) is 8.42 Å². The summed E-state index contributed by atoms with van der Waals surface area (Å²) in [7, 11) is -3.76. The number of nitrogens with one attached hydrogen (secondary N) is 1. The number of aliphatic hydroxyl groups excluding tert-OH is 1. The summed E-state index contributed by atoms with van der Waals surface area (Å²) >= 11 is 15.9. The molecular weight excluding hydrogens is 409 g/mol. The van der Waals surface area contributed by atoms with E-state index in [4.69, 9.17) is 28.3 Å². The average molecular weight is 417 g/mol. The van der Waals surface area contributed by atoms with Crippen LogP contribution in [0.15, 0.2) is 32.9 Å². The fourth-order valence-electron chi connectivity index (χ4n) is 1.43. The minimum Gasteiger partial charge on any atom is -0.391 e. The largest absolute Gasteiger partial charge is 0.391 e. The molecule has 0 fully saturated rings. The van der Waals surface area contributed by atoms with E-state index in [1.165, 1.54) is 24.3 Å². The highest BCUT2D eigenvalue weighted by Gasteiger charge is 2.21. The lowest BCUT2D eigenvalue weighted by molar-refractivity contribution is 0.285. The number of thiophene rings is 1. The zero-order chi connectivity index (χ0) is 14.9. The zero-order valence-electron chi connectivity index (χ0n) is 9.73. The number of rotatable bonds is 4. The first kappa shape index (κ1) is 16.1. The molecule has 2 aromatic rings. The molecule has 2 rings (SSSR count). The van der Waals surface area contributed by atoms with Crippen molar-refractivity contribution in [1.29, 1.82) is 0 Å². The maximum Gasteiger partial charge on any atom is 0.263 e. The molecule has 0 radical (unpaired) electrons. The van der Waals surface area contributed by atoms with Crippen molar-refractivity contribution < 1.29 is 13.5 Å². The van der Waals surface area contributed by atoms with Crippen LogP contribution in [0.1, 0.15) is 4.88 Å². The van der Waals surface area contributed by atoms with Gasteiger partial charge in [0.2, 0.25) is 0 Å². The summed E-state index contributed by atoms with van der Waals surface area (Å²) in [5.74, 6) is 0. The van der Waals surface area contributed by atoms with Gasteiger partial charge in [-0.25, -0.2) is 8.42 Å². The van der Waals surface area contributed by atoms with Crippen LogP contribution in [-0.4, -0.2) is 13.5 Å². The highest BCUT2D eigenvalue weighted by atomic mass is 79.9. The number of halogens is 3. The van der Waals surface area contributed by atoms with Crippen LogP contribution in [-0.2, 0) is 16.6 Å². The average Bonchev–Trinajstić information content (AvgIpc) is 2.76. The molecule has 0 atom stereocenters. The van der Waals surface area contributed by atoms with Crippen LogP contribution in [0.4, 0.5) is 5.69 Å². The first-order chi connectivity index (χ1) is 9.33. The summed E-state index contributed by atoms with van der Waals surface area (Å²) in [4.78, 5) is 0.615. The van der Waals surface area contributed by atoms with Crippen molar-refractivity contribution in [3.8, 4) is 0 Å². The molecule has 0 aliphatic heterocycles. The Bertz CT molecular complexity index is 746. The van der Waals surface area contributed by atoms with Gasteiger partial charge >= 0.3 is 0 Å². The Balaban J connectivity index is 2.35. The van der Waals surface area contributed by atoms with Crippen LogP contribution in [0.2, 0.25) is 10.0 Å². The molecule has 0 saturated carbocycles. The SMILES string of the molecule is O=S(=O)(Nc1ccc(Cl)c(Cl)c1)c1cc(CO)sc1Br. The Morgan fingerprint density at radius 3 is 2.50 bits per heavy atom. The Morgan fingerprint density at radius 2 is 1.95 bits per heavy atom. The molecule has 2 N–H and O–H groups in total. The maximum atomic E-state index is 12.3. The van der Waals surface area contributed by atoms with E-state index in [0.29, 0.717) is 19.4 Å². The topological polar surface area (TPSA) is 66.4 Å². The predicted molar refractivity (Wildman–Crippen MR) is 85.2 cm³/mol. The summed E-state index contributed by atoms with van der Waals surface area (Å²) in [6, 6.07) is 5.85. The third kappa shape index (κ3) is 3.47. The first-order valence-electron chi connectivity index (χ1n) is 5.20. The molecule has 9 heteroatoms. The van der Waals surface area contributed by atoms with E-state index in [-0.39, 0.29) is 16.5 Å². The molecule has 4 nitrogen and oxygen atoms in total. The van der Waals surface area contributed by atoms with Gasteiger partial charge in [0, 0.05) is 4.88 Å². The van der Waals surface area contributed by atoms with E-state index < -0.39 is 10.0 Å². The lowest BCUT2D eigenvalue weighted by Crippen LogP contribution is -2.12. The van der Waals surface area contributed by atoms with Crippen molar-refractivity contribution in [1.82, 2.24) is 0 Å². The molecule has 0 aliphatic rings. The van der Waals surface area contributed by atoms with E-state index in [1.54, 1.807) is 0 Å². The van der Waals surface area contributed by atoms with Gasteiger partial charge in [-0.1, -0.05) is 23.2 Å². The van der Waals surface area contributed by atoms with E-state index in [2.05, 4.69) is 20.7 Å². The monoisotopic (exact) mass is 415 g/mol. The molecule has 0 spiro atoms. The van der Waals surface area contributed by atoms with Crippen molar-refractivity contribution in [3.05, 3.63) is 43.0 Å². The van der Waals surface area contributed by atoms with Gasteiger partial charge in [-0.2, -0.15) is 0 Å². The number of aliphatic hydroxyl groups is 1. The molecular formula is C11H8BrCl2NO3S2. The second kappa shape index (κ2) is 6.21. The minimum atomic E-state index is -3.76. The van der Waals surface area contributed by atoms with Gasteiger partial charge in [0.25, 0.3) is 10.0 Å². The number of hydrogen-bond donors (Lipinski definition) is 2. The Morgan fingerprint density at radius 1 is 1.25 bits per heavy atom. The summed E-state index contributed by atoms with van der Waals surface area (Å²) in [5, 5.41) is 9.64. The van der Waals surface area contributed by atoms with Crippen LogP contribution >= 0.6 is 50.5 Å². The molecule has 0 unspecified atom stereocenters. The van der Waals surface area contributed by atoms with Crippen molar-refractivity contribution in [2.75, 3.05) is 4.72 Å². The zero-order valence-corrected chi connectivity index (χ0v) is 14.5. The molecule has 108 valence electrons. The van der Waals surface area contributed by atoms with Gasteiger partial charge in [-0.3, -0.25) is 4.72 Å². The standard InChI is InChI=1S/C11H8BrCl2NO3S2/c12-11-10(4-7(5-16)19-11)20(17,18)15-6-1-2-8(13)9(14)3-6/h1-4,15-16H,5H2. The van der Waals surface area contributed by atoms with Crippen LogP contribution < -0.4 is 4.72 Å². The fraction of sp³-hybridized carbons (Fsp3) is 0.0909. The van der Waals surface area contributed by atoms with Crippen LogP contribution in [0, 0.1) is 0 Å². The number of hydrogen-bond acceptors (Lipinski definition) is 4. The van der Waals surface area contributed by atoms with Gasteiger partial charge in [0.15, 0.2) is 0 Å². The van der Waals surface area contributed by atoms with Crippen LogP contribution in [0.5, 0.6) is 0 Å². The summed E-state index contributed by atoms with van der Waals surface area (Å²) < 4.78 is 27.3. The van der Waals surface area contributed by atoms with Crippen molar-refractivity contribution in [3.63, 3.8) is 0 Å². The smallest absolute Gasteiger partial charge is 0.263 e. The highest BCUT2D eigenvalue weighted by molar-refractivity contribution is 9.11. The third-order valence-corrected chi connectivity index (χ3v) is 6.68. The Kier molecular flexibility index (Phi) is 4.99. The van der Waals surface area contributed by atoms with Crippen molar-refractivity contribution in [2.45, 2.75) is 11.5 Å². The molecule has 20 heavy (non-hydrogen) atoms. The second-order valence-corrected chi connectivity index (χ2v) is 8.66. The molecule has 1 aromatic heterocycles. The van der Waals surface area contributed by atoms with Gasteiger partial charge in [0.05, 0.1) is 26.1 Å². The van der Waals surface area contributed by atoms with E-state index in [1.807, 2.05) is 0 Å². The van der Waals surface area contributed by atoms with Crippen LogP contribution in [0.25, 0.3) is 0 Å². The first-order valence-corrected chi connectivity index (χ1v) is 9.05.